The van der Waals surface area contributed by atoms with Gasteiger partial charge in [-0.3, -0.25) is 4.90 Å². The molecule has 0 N–H and O–H groups in total. The Morgan fingerprint density at radius 2 is 1.67 bits per heavy atom. The summed E-state index contributed by atoms with van der Waals surface area (Å²) in [5.74, 6) is 0. The summed E-state index contributed by atoms with van der Waals surface area (Å²) in [4.78, 5) is 1.77. The number of benzene rings is 1. The normalized spacial score (nSPS) is 19.6. The van der Waals surface area contributed by atoms with Crippen LogP contribution in [0.4, 0.5) is 13.2 Å². The van der Waals surface area contributed by atoms with Gasteiger partial charge in [-0.05, 0) is 18.1 Å². The number of hydrogen-bond donors (Lipinski definition) is 0. The first-order valence-corrected chi connectivity index (χ1v) is 5.77. The lowest BCUT2D eigenvalue weighted by atomic mass is 10.1. The largest absolute Gasteiger partial charge is 0.418 e. The number of nitrogens with zero attached hydrogens (tertiary/aromatic N) is 1. The molecule has 5 heteroatoms. The molecule has 0 saturated carbocycles. The Hall–Kier alpha value is -1.07. The van der Waals surface area contributed by atoms with Crippen LogP contribution in [0.3, 0.4) is 0 Å². The van der Waals surface area contributed by atoms with Gasteiger partial charge in [-0.2, -0.15) is 13.2 Å². The van der Waals surface area contributed by atoms with Gasteiger partial charge < -0.3 is 4.74 Å². The molecule has 1 aromatic rings. The molecule has 0 spiro atoms. The summed E-state index contributed by atoms with van der Waals surface area (Å²) in [6, 6.07) is 7.71. The molecule has 0 aromatic heterocycles. The third kappa shape index (κ3) is 2.37. The fraction of sp³-hybridized carbons (Fsp3) is 0.538. The van der Waals surface area contributed by atoms with Gasteiger partial charge in [0.05, 0.1) is 0 Å². The van der Waals surface area contributed by atoms with E-state index in [0.29, 0.717) is 13.1 Å². The van der Waals surface area contributed by atoms with Crippen molar-refractivity contribution in [3.8, 4) is 0 Å². The summed E-state index contributed by atoms with van der Waals surface area (Å²) in [5, 5.41) is 0. The number of rotatable bonds is 3. The number of fused-ring (bicyclic) bond motifs is 1. The van der Waals surface area contributed by atoms with E-state index in [0.717, 1.165) is 25.2 Å². The molecule has 1 heterocycles. The Kier molecular flexibility index (Phi) is 3.38. The standard InChI is InChI=1S/C13H16F3NO/c1-12(18-2,13(14,15)16)9-17-7-10-5-3-4-6-11(10)8-17/h3-6H,7-9H2,1-2H3. The van der Waals surface area contributed by atoms with Crippen molar-refractivity contribution in [1.82, 2.24) is 4.90 Å². The average molecular weight is 259 g/mol. The first kappa shape index (κ1) is 13.4. The summed E-state index contributed by atoms with van der Waals surface area (Å²) in [6.45, 7) is 2.04. The van der Waals surface area contributed by atoms with Gasteiger partial charge in [0.15, 0.2) is 5.60 Å². The lowest BCUT2D eigenvalue weighted by Gasteiger charge is -2.34. The number of hydrogen-bond acceptors (Lipinski definition) is 2. The monoisotopic (exact) mass is 259 g/mol. The zero-order valence-electron chi connectivity index (χ0n) is 10.4. The van der Waals surface area contributed by atoms with Crippen molar-refractivity contribution in [2.24, 2.45) is 0 Å². The molecule has 1 unspecified atom stereocenters. The Morgan fingerprint density at radius 3 is 2.06 bits per heavy atom. The first-order valence-electron chi connectivity index (χ1n) is 5.77. The Bertz CT molecular complexity index is 407. The molecule has 0 saturated heterocycles. The van der Waals surface area contributed by atoms with Crippen molar-refractivity contribution in [3.63, 3.8) is 0 Å². The Morgan fingerprint density at radius 1 is 1.17 bits per heavy atom. The number of alkyl halides is 3. The predicted molar refractivity (Wildman–Crippen MR) is 62.0 cm³/mol. The van der Waals surface area contributed by atoms with Crippen LogP contribution in [-0.2, 0) is 17.8 Å². The molecule has 100 valence electrons. The Labute approximate surface area is 104 Å². The van der Waals surface area contributed by atoms with E-state index in [1.807, 2.05) is 24.3 Å². The van der Waals surface area contributed by atoms with Gasteiger partial charge in [0, 0.05) is 26.7 Å². The third-order valence-electron chi connectivity index (χ3n) is 3.48. The van der Waals surface area contributed by atoms with Gasteiger partial charge >= 0.3 is 6.18 Å². The summed E-state index contributed by atoms with van der Waals surface area (Å²) in [5.41, 5.74) is 0.0749. The van der Waals surface area contributed by atoms with E-state index in [1.54, 1.807) is 4.90 Å². The van der Waals surface area contributed by atoms with Crippen LogP contribution in [-0.4, -0.2) is 30.3 Å². The van der Waals surface area contributed by atoms with Crippen molar-refractivity contribution in [3.05, 3.63) is 35.4 Å². The van der Waals surface area contributed by atoms with E-state index in [2.05, 4.69) is 0 Å². The summed E-state index contributed by atoms with van der Waals surface area (Å²) < 4.78 is 43.5. The molecule has 1 aromatic carbocycles. The second-order valence-electron chi connectivity index (χ2n) is 4.85. The van der Waals surface area contributed by atoms with Gasteiger partial charge in [-0.15, -0.1) is 0 Å². The summed E-state index contributed by atoms with van der Waals surface area (Å²) >= 11 is 0. The minimum absolute atomic E-state index is 0.151. The maximum atomic E-state index is 12.9. The highest BCUT2D eigenvalue weighted by atomic mass is 19.4. The van der Waals surface area contributed by atoms with Crippen LogP contribution >= 0.6 is 0 Å². The minimum Gasteiger partial charge on any atom is -0.368 e. The van der Waals surface area contributed by atoms with E-state index >= 15 is 0 Å². The van der Waals surface area contributed by atoms with Gasteiger partial charge in [0.25, 0.3) is 0 Å². The fourth-order valence-electron chi connectivity index (χ4n) is 2.21. The summed E-state index contributed by atoms with van der Waals surface area (Å²) in [7, 11) is 1.11. The van der Waals surface area contributed by atoms with Crippen LogP contribution in [0.25, 0.3) is 0 Å². The number of methoxy groups -OCH3 is 1. The minimum atomic E-state index is -4.36. The molecule has 1 aliphatic heterocycles. The molecule has 0 fully saturated rings. The maximum absolute atomic E-state index is 12.9. The maximum Gasteiger partial charge on any atom is 0.418 e. The topological polar surface area (TPSA) is 12.5 Å². The van der Waals surface area contributed by atoms with Crippen LogP contribution in [0.15, 0.2) is 24.3 Å². The molecule has 2 nitrogen and oxygen atoms in total. The van der Waals surface area contributed by atoms with Gasteiger partial charge in [-0.25, -0.2) is 0 Å². The van der Waals surface area contributed by atoms with Crippen molar-refractivity contribution < 1.29 is 17.9 Å². The highest BCUT2D eigenvalue weighted by molar-refractivity contribution is 5.30. The number of ether oxygens (including phenoxy) is 1. The molecule has 0 amide bonds. The highest BCUT2D eigenvalue weighted by Crippen LogP contribution is 2.35. The lowest BCUT2D eigenvalue weighted by Crippen LogP contribution is -2.51. The fourth-order valence-corrected chi connectivity index (χ4v) is 2.21. The zero-order valence-corrected chi connectivity index (χ0v) is 10.4. The van der Waals surface area contributed by atoms with E-state index in [4.69, 9.17) is 4.74 Å². The van der Waals surface area contributed by atoms with E-state index in [1.165, 1.54) is 0 Å². The SMILES string of the molecule is COC(C)(CN1Cc2ccccc2C1)C(F)(F)F. The third-order valence-corrected chi connectivity index (χ3v) is 3.48. The van der Waals surface area contributed by atoms with Crippen molar-refractivity contribution in [1.29, 1.82) is 0 Å². The van der Waals surface area contributed by atoms with Crippen LogP contribution < -0.4 is 0 Å². The van der Waals surface area contributed by atoms with Gasteiger partial charge in [-0.1, -0.05) is 24.3 Å². The van der Waals surface area contributed by atoms with Crippen LogP contribution in [0.2, 0.25) is 0 Å². The van der Waals surface area contributed by atoms with E-state index < -0.39 is 11.8 Å². The lowest BCUT2D eigenvalue weighted by molar-refractivity contribution is -0.267. The Balaban J connectivity index is 2.09. The second-order valence-corrected chi connectivity index (χ2v) is 4.85. The van der Waals surface area contributed by atoms with Crippen molar-refractivity contribution in [2.45, 2.75) is 31.8 Å². The van der Waals surface area contributed by atoms with Crippen LogP contribution in [0.1, 0.15) is 18.1 Å². The smallest absolute Gasteiger partial charge is 0.368 e. The van der Waals surface area contributed by atoms with Gasteiger partial charge in [0.2, 0.25) is 0 Å². The van der Waals surface area contributed by atoms with Crippen molar-refractivity contribution >= 4 is 0 Å². The van der Waals surface area contributed by atoms with Crippen LogP contribution in [0.5, 0.6) is 0 Å². The molecule has 0 radical (unpaired) electrons. The molecule has 0 bridgehead atoms. The molecular weight excluding hydrogens is 243 g/mol. The van der Waals surface area contributed by atoms with E-state index in [9.17, 15) is 13.2 Å². The van der Waals surface area contributed by atoms with Crippen LogP contribution in [0, 0.1) is 0 Å². The zero-order chi connectivity index (χ0) is 13.4. The predicted octanol–water partition coefficient (Wildman–Crippen LogP) is 2.97. The van der Waals surface area contributed by atoms with Gasteiger partial charge in [0.1, 0.15) is 0 Å². The second kappa shape index (κ2) is 4.55. The first-order chi connectivity index (χ1) is 8.36. The molecule has 2 rings (SSSR count). The van der Waals surface area contributed by atoms with E-state index in [-0.39, 0.29) is 6.54 Å². The quantitative estimate of drug-likeness (QED) is 0.827. The molecule has 0 aliphatic carbocycles. The molecular formula is C13H16F3NO. The molecule has 18 heavy (non-hydrogen) atoms. The molecule has 1 aliphatic rings. The average Bonchev–Trinajstić information content (AvgIpc) is 2.69. The molecule has 1 atom stereocenters. The highest BCUT2D eigenvalue weighted by Gasteiger charge is 2.52. The van der Waals surface area contributed by atoms with Crippen molar-refractivity contribution in [2.75, 3.05) is 13.7 Å². The number of halogens is 3. The summed E-state index contributed by atoms with van der Waals surface area (Å²) in [6.07, 6.45) is -4.36.